The van der Waals surface area contributed by atoms with Gasteiger partial charge in [-0.3, -0.25) is 0 Å². The van der Waals surface area contributed by atoms with E-state index in [0.29, 0.717) is 11.0 Å². The fourth-order valence-corrected chi connectivity index (χ4v) is 2.43. The van der Waals surface area contributed by atoms with Crippen molar-refractivity contribution in [1.29, 1.82) is 0 Å². The highest BCUT2D eigenvalue weighted by molar-refractivity contribution is 6.63. The van der Waals surface area contributed by atoms with Gasteiger partial charge in [0.15, 0.2) is 0 Å². The minimum Gasteiger partial charge on any atom is -0.478 e. The highest BCUT2D eigenvalue weighted by Gasteiger charge is 2.52. The Balaban J connectivity index is 2.58. The van der Waals surface area contributed by atoms with Gasteiger partial charge in [-0.05, 0) is 58.1 Å². The molecule has 1 saturated heterocycles. The fourth-order valence-electron chi connectivity index (χ4n) is 2.43. The van der Waals surface area contributed by atoms with Crippen LogP contribution in [0.25, 0.3) is 0 Å². The van der Waals surface area contributed by atoms with Crippen molar-refractivity contribution in [1.82, 2.24) is 0 Å². The van der Waals surface area contributed by atoms with Crippen molar-refractivity contribution in [2.24, 2.45) is 0 Å². The van der Waals surface area contributed by atoms with Crippen LogP contribution in [0.5, 0.6) is 0 Å². The lowest BCUT2D eigenvalue weighted by Crippen LogP contribution is -2.41. The highest BCUT2D eigenvalue weighted by atomic mass is 19.1. The average Bonchev–Trinajstić information content (AvgIpc) is 2.54. The molecule has 0 radical (unpaired) electrons. The maximum Gasteiger partial charge on any atom is 0.495 e. The van der Waals surface area contributed by atoms with Gasteiger partial charge in [-0.2, -0.15) is 0 Å². The van der Waals surface area contributed by atoms with E-state index in [0.717, 1.165) is 0 Å². The normalized spacial score (nSPS) is 19.9. The second-order valence-electron chi connectivity index (χ2n) is 6.49. The Kier molecular flexibility index (Phi) is 3.67. The van der Waals surface area contributed by atoms with Crippen LogP contribution in [0.15, 0.2) is 6.07 Å². The SMILES string of the molecule is Cc1cc(B2OC(C)(C)C(C)(C)O2)c(C(=O)O)c(C)c1F. The molecule has 0 aromatic heterocycles. The van der Waals surface area contributed by atoms with E-state index < -0.39 is 30.1 Å². The summed E-state index contributed by atoms with van der Waals surface area (Å²) < 4.78 is 25.7. The number of hydrogen-bond donors (Lipinski definition) is 1. The third-order valence-corrected chi connectivity index (χ3v) is 4.43. The molecule has 21 heavy (non-hydrogen) atoms. The fraction of sp³-hybridized carbons (Fsp3) is 0.533. The number of benzene rings is 1. The quantitative estimate of drug-likeness (QED) is 0.851. The zero-order valence-electron chi connectivity index (χ0n) is 13.2. The van der Waals surface area contributed by atoms with Crippen LogP contribution in [0, 0.1) is 19.7 Å². The third-order valence-electron chi connectivity index (χ3n) is 4.43. The van der Waals surface area contributed by atoms with Crippen molar-refractivity contribution in [3.8, 4) is 0 Å². The van der Waals surface area contributed by atoms with Gasteiger partial charge in [-0.25, -0.2) is 9.18 Å². The van der Waals surface area contributed by atoms with Crippen LogP contribution in [0.2, 0.25) is 0 Å². The number of carboxylic acid groups (broad SMARTS) is 1. The summed E-state index contributed by atoms with van der Waals surface area (Å²) in [5, 5.41) is 9.40. The van der Waals surface area contributed by atoms with E-state index in [4.69, 9.17) is 9.31 Å². The van der Waals surface area contributed by atoms with Gasteiger partial charge < -0.3 is 14.4 Å². The number of halogens is 1. The first-order chi connectivity index (χ1) is 9.48. The molecule has 0 atom stereocenters. The van der Waals surface area contributed by atoms with E-state index in [9.17, 15) is 14.3 Å². The molecule has 0 amide bonds. The summed E-state index contributed by atoms with van der Waals surface area (Å²) in [6.07, 6.45) is 0. The molecular formula is C15H20BFO4. The van der Waals surface area contributed by atoms with E-state index in [1.807, 2.05) is 27.7 Å². The maximum atomic E-state index is 14.0. The Morgan fingerprint density at radius 1 is 1.19 bits per heavy atom. The lowest BCUT2D eigenvalue weighted by atomic mass is 9.73. The first-order valence-electron chi connectivity index (χ1n) is 6.86. The molecule has 1 aromatic rings. The Labute approximate surface area is 124 Å². The van der Waals surface area contributed by atoms with E-state index in [2.05, 4.69) is 0 Å². The Morgan fingerprint density at radius 3 is 2.10 bits per heavy atom. The molecule has 114 valence electrons. The average molecular weight is 294 g/mol. The predicted molar refractivity (Wildman–Crippen MR) is 78.5 cm³/mol. The van der Waals surface area contributed by atoms with Crippen LogP contribution in [-0.2, 0) is 9.31 Å². The number of carboxylic acids is 1. The van der Waals surface area contributed by atoms with E-state index in [1.165, 1.54) is 13.0 Å². The van der Waals surface area contributed by atoms with Crippen LogP contribution in [0.4, 0.5) is 4.39 Å². The molecule has 4 nitrogen and oxygen atoms in total. The Morgan fingerprint density at radius 2 is 1.67 bits per heavy atom. The molecule has 0 spiro atoms. The van der Waals surface area contributed by atoms with Gasteiger partial charge in [-0.1, -0.05) is 6.07 Å². The monoisotopic (exact) mass is 294 g/mol. The summed E-state index contributed by atoms with van der Waals surface area (Å²) in [6, 6.07) is 1.49. The number of aromatic carboxylic acids is 1. The van der Waals surface area contributed by atoms with Gasteiger partial charge in [0.25, 0.3) is 0 Å². The highest BCUT2D eigenvalue weighted by Crippen LogP contribution is 2.37. The molecule has 0 aliphatic carbocycles. The van der Waals surface area contributed by atoms with Gasteiger partial charge in [-0.15, -0.1) is 0 Å². The number of aryl methyl sites for hydroxylation is 1. The van der Waals surface area contributed by atoms with Crippen LogP contribution >= 0.6 is 0 Å². The lowest BCUT2D eigenvalue weighted by molar-refractivity contribution is 0.00578. The zero-order chi connectivity index (χ0) is 16.2. The zero-order valence-corrected chi connectivity index (χ0v) is 13.2. The number of carbonyl (C=O) groups is 1. The minimum atomic E-state index is -1.18. The van der Waals surface area contributed by atoms with Crippen LogP contribution in [-0.4, -0.2) is 29.4 Å². The lowest BCUT2D eigenvalue weighted by Gasteiger charge is -2.32. The van der Waals surface area contributed by atoms with Crippen molar-refractivity contribution in [3.63, 3.8) is 0 Å². The summed E-state index contributed by atoms with van der Waals surface area (Å²) in [5.74, 6) is -1.69. The van der Waals surface area contributed by atoms with Gasteiger partial charge in [0.2, 0.25) is 0 Å². The van der Waals surface area contributed by atoms with Crippen LogP contribution in [0.3, 0.4) is 0 Å². The standard InChI is InChI=1S/C15H20BFO4/c1-8-7-10(11(13(18)19)9(2)12(8)17)16-20-14(3,4)15(5,6)21-16/h7H,1-6H3,(H,18,19). The molecule has 1 N–H and O–H groups in total. The second-order valence-corrected chi connectivity index (χ2v) is 6.49. The largest absolute Gasteiger partial charge is 0.495 e. The molecule has 0 unspecified atom stereocenters. The summed E-state index contributed by atoms with van der Waals surface area (Å²) in [7, 11) is -0.820. The first-order valence-corrected chi connectivity index (χ1v) is 6.86. The summed E-state index contributed by atoms with van der Waals surface area (Å²) >= 11 is 0. The molecule has 0 bridgehead atoms. The van der Waals surface area contributed by atoms with Crippen molar-refractivity contribution in [2.45, 2.75) is 52.7 Å². The molecular weight excluding hydrogens is 274 g/mol. The smallest absolute Gasteiger partial charge is 0.478 e. The summed E-state index contributed by atoms with van der Waals surface area (Å²) in [4.78, 5) is 11.5. The van der Waals surface area contributed by atoms with Gasteiger partial charge in [0, 0.05) is 0 Å². The molecule has 1 aliphatic rings. The number of hydrogen-bond acceptors (Lipinski definition) is 3. The first kappa shape index (κ1) is 16.0. The van der Waals surface area contributed by atoms with Gasteiger partial charge >= 0.3 is 13.1 Å². The van der Waals surface area contributed by atoms with Crippen molar-refractivity contribution >= 4 is 18.6 Å². The summed E-state index contributed by atoms with van der Waals surface area (Å²) in [5.41, 5.74) is -0.406. The maximum absolute atomic E-state index is 14.0. The predicted octanol–water partition coefficient (Wildman–Crippen LogP) is 2.44. The van der Waals surface area contributed by atoms with Crippen molar-refractivity contribution in [3.05, 3.63) is 28.6 Å². The third kappa shape index (κ3) is 2.47. The summed E-state index contributed by atoms with van der Waals surface area (Å²) in [6.45, 7) is 10.6. The molecule has 0 saturated carbocycles. The molecule has 1 fully saturated rings. The molecule has 1 aromatic carbocycles. The van der Waals surface area contributed by atoms with Gasteiger partial charge in [0.1, 0.15) is 5.82 Å². The molecule has 2 rings (SSSR count). The molecule has 1 aliphatic heterocycles. The molecule has 1 heterocycles. The van der Waals surface area contributed by atoms with E-state index >= 15 is 0 Å². The number of rotatable bonds is 2. The van der Waals surface area contributed by atoms with Crippen molar-refractivity contribution in [2.75, 3.05) is 0 Å². The van der Waals surface area contributed by atoms with Gasteiger partial charge in [0.05, 0.1) is 16.8 Å². The van der Waals surface area contributed by atoms with E-state index in [-0.39, 0.29) is 11.1 Å². The van der Waals surface area contributed by atoms with Crippen molar-refractivity contribution < 1.29 is 23.6 Å². The molecule has 6 heteroatoms. The minimum absolute atomic E-state index is 0.0865. The second kappa shape index (κ2) is 4.82. The van der Waals surface area contributed by atoms with E-state index in [1.54, 1.807) is 6.92 Å². The van der Waals surface area contributed by atoms with Crippen LogP contribution in [0.1, 0.15) is 49.2 Å². The Bertz CT molecular complexity index is 594. The van der Waals surface area contributed by atoms with Crippen LogP contribution < -0.4 is 5.46 Å². The topological polar surface area (TPSA) is 55.8 Å². The Hall–Kier alpha value is -1.40.